The molecule has 1 saturated heterocycles. The summed E-state index contributed by atoms with van der Waals surface area (Å²) in [4.78, 5) is 35.6. The number of carbonyl (C=O) groups is 2. The smallest absolute Gasteiger partial charge is 0.311 e. The Morgan fingerprint density at radius 2 is 2.23 bits per heavy atom. The lowest BCUT2D eigenvalue weighted by Crippen LogP contribution is -2.27. The Balaban J connectivity index is 2.31. The Labute approximate surface area is 126 Å². The van der Waals surface area contributed by atoms with Crippen LogP contribution in [-0.4, -0.2) is 37.1 Å². The summed E-state index contributed by atoms with van der Waals surface area (Å²) in [7, 11) is 1.41. The first-order valence-electron chi connectivity index (χ1n) is 6.77. The zero-order valence-corrected chi connectivity index (χ0v) is 12.3. The maximum absolute atomic E-state index is 12.1. The van der Waals surface area contributed by atoms with Crippen molar-refractivity contribution in [3.05, 3.63) is 28.3 Å². The van der Waals surface area contributed by atoms with Gasteiger partial charge in [0.15, 0.2) is 0 Å². The zero-order chi connectivity index (χ0) is 16.3. The molecule has 0 unspecified atom stereocenters. The molecule has 8 heteroatoms. The normalized spacial score (nSPS) is 17.5. The van der Waals surface area contributed by atoms with Crippen LogP contribution in [-0.2, 0) is 14.3 Å². The second kappa shape index (κ2) is 6.42. The van der Waals surface area contributed by atoms with Gasteiger partial charge in [-0.1, -0.05) is 0 Å². The van der Waals surface area contributed by atoms with Gasteiger partial charge < -0.3 is 14.4 Å². The number of nitro benzene ring substituents is 1. The molecule has 0 N–H and O–H groups in total. The third-order valence-corrected chi connectivity index (χ3v) is 3.41. The highest BCUT2D eigenvalue weighted by atomic mass is 16.6. The second-order valence-electron chi connectivity index (χ2n) is 4.77. The molecule has 0 bridgehead atoms. The van der Waals surface area contributed by atoms with Crippen molar-refractivity contribution in [3.63, 3.8) is 0 Å². The van der Waals surface area contributed by atoms with Gasteiger partial charge in [0.25, 0.3) is 5.69 Å². The molecule has 0 aromatic heterocycles. The fraction of sp³-hybridized carbons (Fsp3) is 0.429. The lowest BCUT2D eigenvalue weighted by molar-refractivity contribution is -0.384. The highest BCUT2D eigenvalue weighted by Gasteiger charge is 2.37. The first-order valence-corrected chi connectivity index (χ1v) is 6.77. The Hall–Kier alpha value is -2.64. The van der Waals surface area contributed by atoms with Crippen LogP contribution in [0.1, 0.15) is 13.3 Å². The van der Waals surface area contributed by atoms with Crippen molar-refractivity contribution < 1.29 is 24.0 Å². The highest BCUT2D eigenvalue weighted by molar-refractivity contribution is 6.00. The molecule has 1 atom stereocenters. The lowest BCUT2D eigenvalue weighted by Gasteiger charge is -2.19. The molecule has 1 aliphatic heterocycles. The Morgan fingerprint density at radius 3 is 2.82 bits per heavy atom. The van der Waals surface area contributed by atoms with Gasteiger partial charge in [0, 0.05) is 25.1 Å². The number of rotatable bonds is 5. The number of amides is 1. The summed E-state index contributed by atoms with van der Waals surface area (Å²) in [5.41, 5.74) is 0.136. The van der Waals surface area contributed by atoms with Gasteiger partial charge in [-0.25, -0.2) is 0 Å². The molecule has 1 amide bonds. The van der Waals surface area contributed by atoms with Crippen molar-refractivity contribution in [2.45, 2.75) is 13.3 Å². The predicted octanol–water partition coefficient (Wildman–Crippen LogP) is 1.52. The first-order chi connectivity index (χ1) is 10.5. The van der Waals surface area contributed by atoms with Crippen LogP contribution in [0, 0.1) is 16.0 Å². The number of benzene rings is 1. The van der Waals surface area contributed by atoms with E-state index in [9.17, 15) is 19.7 Å². The van der Waals surface area contributed by atoms with Gasteiger partial charge in [-0.05, 0) is 13.0 Å². The van der Waals surface area contributed by atoms with Gasteiger partial charge in [0.2, 0.25) is 5.91 Å². The number of hydrogen-bond acceptors (Lipinski definition) is 6. The van der Waals surface area contributed by atoms with E-state index in [-0.39, 0.29) is 36.9 Å². The molecule has 1 fully saturated rings. The van der Waals surface area contributed by atoms with E-state index < -0.39 is 16.8 Å². The molecule has 1 aliphatic rings. The fourth-order valence-corrected chi connectivity index (χ4v) is 2.36. The maximum Gasteiger partial charge on any atom is 0.311 e. The third kappa shape index (κ3) is 3.00. The summed E-state index contributed by atoms with van der Waals surface area (Å²) in [5.74, 6) is -0.973. The topological polar surface area (TPSA) is 99.0 Å². The van der Waals surface area contributed by atoms with E-state index in [4.69, 9.17) is 9.47 Å². The molecular formula is C14H16N2O6. The van der Waals surface area contributed by atoms with E-state index >= 15 is 0 Å². The van der Waals surface area contributed by atoms with Gasteiger partial charge in [0.05, 0.1) is 30.2 Å². The maximum atomic E-state index is 12.1. The molecule has 22 heavy (non-hydrogen) atoms. The monoisotopic (exact) mass is 308 g/mol. The summed E-state index contributed by atoms with van der Waals surface area (Å²) in [5, 5.41) is 10.9. The minimum absolute atomic E-state index is 0.0185. The van der Waals surface area contributed by atoms with E-state index in [0.29, 0.717) is 5.75 Å². The Morgan fingerprint density at radius 1 is 1.50 bits per heavy atom. The predicted molar refractivity (Wildman–Crippen MR) is 76.7 cm³/mol. The molecule has 1 aromatic carbocycles. The van der Waals surface area contributed by atoms with E-state index in [2.05, 4.69) is 0 Å². The Kier molecular flexibility index (Phi) is 4.59. The molecule has 0 spiro atoms. The van der Waals surface area contributed by atoms with Crippen LogP contribution in [0.15, 0.2) is 18.2 Å². The van der Waals surface area contributed by atoms with Gasteiger partial charge in [-0.3, -0.25) is 19.7 Å². The average molecular weight is 308 g/mol. The average Bonchev–Trinajstić information content (AvgIpc) is 2.88. The van der Waals surface area contributed by atoms with Crippen LogP contribution in [0.25, 0.3) is 0 Å². The number of nitro groups is 1. The van der Waals surface area contributed by atoms with E-state index in [1.807, 2.05) is 0 Å². The molecule has 0 saturated carbocycles. The van der Waals surface area contributed by atoms with E-state index in [0.717, 1.165) is 0 Å². The lowest BCUT2D eigenvalue weighted by atomic mass is 10.1. The number of carbonyl (C=O) groups excluding carboxylic acids is 2. The van der Waals surface area contributed by atoms with Crippen molar-refractivity contribution in [2.75, 3.05) is 25.2 Å². The molecule has 1 aromatic rings. The van der Waals surface area contributed by atoms with Crippen LogP contribution in [0.3, 0.4) is 0 Å². The van der Waals surface area contributed by atoms with Gasteiger partial charge in [-0.15, -0.1) is 0 Å². The molecule has 2 rings (SSSR count). The standard InChI is InChI=1S/C14H16N2O6/c1-3-22-14(18)9-6-13(17)15(8-9)11-7-10(16(19)20)4-5-12(11)21-2/h4-5,7,9H,3,6,8H2,1-2H3/t9-/m0/s1. The molecule has 0 aliphatic carbocycles. The van der Waals surface area contributed by atoms with Crippen molar-refractivity contribution in [1.29, 1.82) is 0 Å². The van der Waals surface area contributed by atoms with Crippen LogP contribution in [0.4, 0.5) is 11.4 Å². The summed E-state index contributed by atoms with van der Waals surface area (Å²) < 4.78 is 10.1. The Bertz CT molecular complexity index is 615. The minimum Gasteiger partial charge on any atom is -0.495 e. The third-order valence-electron chi connectivity index (χ3n) is 3.41. The van der Waals surface area contributed by atoms with E-state index in [1.54, 1.807) is 6.92 Å². The van der Waals surface area contributed by atoms with Crippen LogP contribution >= 0.6 is 0 Å². The largest absolute Gasteiger partial charge is 0.495 e. The molecular weight excluding hydrogens is 292 g/mol. The van der Waals surface area contributed by atoms with Crippen LogP contribution in [0.2, 0.25) is 0 Å². The van der Waals surface area contributed by atoms with Gasteiger partial charge >= 0.3 is 5.97 Å². The molecule has 0 radical (unpaired) electrons. The zero-order valence-electron chi connectivity index (χ0n) is 12.3. The van der Waals surface area contributed by atoms with Crippen LogP contribution in [0.5, 0.6) is 5.75 Å². The molecule has 1 heterocycles. The molecule has 118 valence electrons. The molecule has 8 nitrogen and oxygen atoms in total. The van der Waals surface area contributed by atoms with Crippen molar-refractivity contribution in [1.82, 2.24) is 0 Å². The quantitative estimate of drug-likeness (QED) is 0.464. The van der Waals surface area contributed by atoms with Gasteiger partial charge in [0.1, 0.15) is 5.75 Å². The number of methoxy groups -OCH3 is 1. The van der Waals surface area contributed by atoms with Gasteiger partial charge in [-0.2, -0.15) is 0 Å². The van der Waals surface area contributed by atoms with Crippen LogP contribution < -0.4 is 9.64 Å². The second-order valence-corrected chi connectivity index (χ2v) is 4.77. The summed E-state index contributed by atoms with van der Waals surface area (Å²) in [6.07, 6.45) is 0.0185. The first kappa shape index (κ1) is 15.7. The number of nitrogens with zero attached hydrogens (tertiary/aromatic N) is 2. The number of hydrogen-bond donors (Lipinski definition) is 0. The summed E-state index contributed by atoms with van der Waals surface area (Å²) in [6, 6.07) is 3.99. The number of non-ortho nitro benzene ring substituents is 1. The van der Waals surface area contributed by atoms with Crippen molar-refractivity contribution >= 4 is 23.3 Å². The number of anilines is 1. The summed E-state index contributed by atoms with van der Waals surface area (Å²) in [6.45, 7) is 2.05. The van der Waals surface area contributed by atoms with Crippen molar-refractivity contribution in [2.24, 2.45) is 5.92 Å². The van der Waals surface area contributed by atoms with Crippen molar-refractivity contribution in [3.8, 4) is 5.75 Å². The fourth-order valence-electron chi connectivity index (χ4n) is 2.36. The van der Waals surface area contributed by atoms with E-state index in [1.165, 1.54) is 30.2 Å². The minimum atomic E-state index is -0.573. The highest BCUT2D eigenvalue weighted by Crippen LogP contribution is 2.36. The summed E-state index contributed by atoms with van der Waals surface area (Å²) >= 11 is 0. The number of ether oxygens (including phenoxy) is 2. The SMILES string of the molecule is CCOC(=O)[C@H]1CC(=O)N(c2cc([N+](=O)[O-])ccc2OC)C1. The number of esters is 1.